The third-order valence-electron chi connectivity index (χ3n) is 1.37. The van der Waals surface area contributed by atoms with Gasteiger partial charge in [-0.25, -0.2) is 0 Å². The van der Waals surface area contributed by atoms with E-state index in [4.69, 9.17) is 0 Å². The van der Waals surface area contributed by atoms with Gasteiger partial charge in [0.15, 0.2) is 0 Å². The highest BCUT2D eigenvalue weighted by atomic mass is 19.1. The van der Waals surface area contributed by atoms with Crippen LogP contribution in [0.3, 0.4) is 0 Å². The van der Waals surface area contributed by atoms with Crippen LogP contribution in [0.4, 0.5) is 4.39 Å². The molecule has 0 atom stereocenters. The molecule has 1 radical (unpaired) electrons. The van der Waals surface area contributed by atoms with Gasteiger partial charge in [-0.05, 0) is 19.3 Å². The van der Waals surface area contributed by atoms with E-state index in [-0.39, 0.29) is 0 Å². The fraction of sp³-hybridized carbons (Fsp3) is 0.375. The molecule has 0 N–H and O–H groups in total. The summed E-state index contributed by atoms with van der Waals surface area (Å²) in [4.78, 5) is 0. The zero-order valence-electron chi connectivity index (χ0n) is 5.15. The van der Waals surface area contributed by atoms with Crippen LogP contribution in [0.2, 0.25) is 0 Å². The highest BCUT2D eigenvalue weighted by Crippen LogP contribution is 2.18. The molecule has 0 bridgehead atoms. The molecule has 0 aromatic carbocycles. The lowest BCUT2D eigenvalue weighted by molar-refractivity contribution is 0.771. The summed E-state index contributed by atoms with van der Waals surface area (Å²) in [6.45, 7) is 0. The van der Waals surface area contributed by atoms with E-state index >= 15 is 0 Å². The van der Waals surface area contributed by atoms with Gasteiger partial charge < -0.3 is 0 Å². The molecule has 0 amide bonds. The Morgan fingerprint density at radius 2 is 2.56 bits per heavy atom. The Bertz CT molecular complexity index is 169. The van der Waals surface area contributed by atoms with Crippen molar-refractivity contribution in [2.24, 2.45) is 0 Å². The quantitative estimate of drug-likeness (QED) is 0.469. The normalized spacial score (nSPS) is 16.3. The third kappa shape index (κ3) is 1.89. The Balaban J connectivity index is 2.32. The van der Waals surface area contributed by atoms with Crippen molar-refractivity contribution in [3.8, 4) is 12.1 Å². The topological polar surface area (TPSA) is 0 Å². The number of allylic oxidation sites excluding steroid dienone is 2. The van der Waals surface area contributed by atoms with Crippen LogP contribution in [-0.2, 0) is 0 Å². The molecule has 0 spiro atoms. The smallest absolute Gasteiger partial charge is 0.105 e. The predicted octanol–water partition coefficient (Wildman–Crippen LogP) is 2.23. The average Bonchev–Trinajstić information content (AvgIpc) is 2.34. The lowest BCUT2D eigenvalue weighted by atomic mass is 10.2. The van der Waals surface area contributed by atoms with Crippen molar-refractivity contribution in [1.29, 1.82) is 0 Å². The molecule has 0 saturated carbocycles. The molecular weight excluding hydrogens is 115 g/mol. The van der Waals surface area contributed by atoms with Crippen molar-refractivity contribution >= 4 is 0 Å². The largest absolute Gasteiger partial charge is 0.144 e. The van der Waals surface area contributed by atoms with E-state index in [0.717, 1.165) is 12.8 Å². The van der Waals surface area contributed by atoms with E-state index in [1.54, 1.807) is 0 Å². The number of rotatable bonds is 1. The van der Waals surface area contributed by atoms with E-state index in [1.165, 1.54) is 11.7 Å². The van der Waals surface area contributed by atoms with Gasteiger partial charge in [0.2, 0.25) is 0 Å². The molecule has 0 unspecified atom stereocenters. The van der Waals surface area contributed by atoms with Crippen molar-refractivity contribution < 1.29 is 4.39 Å². The van der Waals surface area contributed by atoms with Gasteiger partial charge in [0.1, 0.15) is 6.17 Å². The highest BCUT2D eigenvalue weighted by molar-refractivity contribution is 5.20. The Hall–Kier alpha value is -0.770. The van der Waals surface area contributed by atoms with Gasteiger partial charge in [0.25, 0.3) is 0 Å². The summed E-state index contributed by atoms with van der Waals surface area (Å²) in [7, 11) is 0. The molecule has 1 rings (SSSR count). The van der Waals surface area contributed by atoms with Crippen LogP contribution in [0.5, 0.6) is 0 Å². The van der Waals surface area contributed by atoms with E-state index < -0.39 is 0 Å². The predicted molar refractivity (Wildman–Crippen MR) is 35.1 cm³/mol. The Morgan fingerprint density at radius 3 is 3.11 bits per heavy atom. The first-order valence-electron chi connectivity index (χ1n) is 3.03. The summed E-state index contributed by atoms with van der Waals surface area (Å²) >= 11 is 0. The van der Waals surface area contributed by atoms with Crippen LogP contribution in [-0.4, -0.2) is 0 Å². The lowest BCUT2D eigenvalue weighted by Gasteiger charge is -1.88. The molecule has 9 heavy (non-hydrogen) atoms. The van der Waals surface area contributed by atoms with Gasteiger partial charge in [-0.15, -0.1) is 4.39 Å². The summed E-state index contributed by atoms with van der Waals surface area (Å²) in [5, 5.41) is 0. The maximum atomic E-state index is 11.2. The van der Waals surface area contributed by atoms with E-state index in [2.05, 4.69) is 12.3 Å². The summed E-state index contributed by atoms with van der Waals surface area (Å²) in [6.07, 6.45) is 8.28. The van der Waals surface area contributed by atoms with Crippen molar-refractivity contribution in [1.82, 2.24) is 0 Å². The number of hydrogen-bond donors (Lipinski definition) is 0. The average molecular weight is 123 g/mol. The summed E-state index contributed by atoms with van der Waals surface area (Å²) in [5.74, 6) is 2.39. The van der Waals surface area contributed by atoms with Crippen LogP contribution >= 0.6 is 0 Å². The molecule has 47 valence electrons. The standard InChI is InChI=1S/C8H8F/c9-7-3-6-8-4-1-2-5-8/h1,4H,2,5-6H2. The first kappa shape index (κ1) is 6.35. The molecule has 0 heterocycles. The van der Waals surface area contributed by atoms with Gasteiger partial charge in [0.05, 0.1) is 0 Å². The fourth-order valence-electron chi connectivity index (χ4n) is 0.896. The molecule has 0 nitrogen and oxygen atoms in total. The third-order valence-corrected chi connectivity index (χ3v) is 1.37. The zero-order valence-corrected chi connectivity index (χ0v) is 5.15. The minimum absolute atomic E-state index is 0.604. The second-order valence-corrected chi connectivity index (χ2v) is 2.05. The summed E-state index contributed by atoms with van der Waals surface area (Å²) in [5.41, 5.74) is 1.25. The van der Waals surface area contributed by atoms with E-state index in [9.17, 15) is 4.39 Å². The second kappa shape index (κ2) is 3.29. The molecule has 1 aliphatic rings. The van der Waals surface area contributed by atoms with Crippen LogP contribution in [0.25, 0.3) is 0 Å². The second-order valence-electron chi connectivity index (χ2n) is 2.05. The maximum absolute atomic E-state index is 11.2. The van der Waals surface area contributed by atoms with Gasteiger partial charge in [-0.1, -0.05) is 17.6 Å². The van der Waals surface area contributed by atoms with Gasteiger partial charge >= 0.3 is 0 Å². The van der Waals surface area contributed by atoms with Crippen molar-refractivity contribution in [2.45, 2.75) is 19.3 Å². The monoisotopic (exact) mass is 123 g/mol. The van der Waals surface area contributed by atoms with Gasteiger partial charge in [-0.2, -0.15) is 0 Å². The van der Waals surface area contributed by atoms with E-state index in [0.29, 0.717) is 6.42 Å². The molecule has 0 aromatic heterocycles. The molecule has 0 saturated heterocycles. The Kier molecular flexibility index (Phi) is 2.32. The molecule has 0 fully saturated rings. The molecule has 0 aliphatic heterocycles. The van der Waals surface area contributed by atoms with Crippen molar-refractivity contribution in [3.05, 3.63) is 18.1 Å². The van der Waals surface area contributed by atoms with Crippen molar-refractivity contribution in [2.75, 3.05) is 0 Å². The van der Waals surface area contributed by atoms with Gasteiger partial charge in [0, 0.05) is 6.42 Å². The van der Waals surface area contributed by atoms with Crippen LogP contribution < -0.4 is 0 Å². The fourth-order valence-corrected chi connectivity index (χ4v) is 0.896. The van der Waals surface area contributed by atoms with Crippen LogP contribution in [0.1, 0.15) is 19.3 Å². The lowest BCUT2D eigenvalue weighted by Crippen LogP contribution is -1.72. The highest BCUT2D eigenvalue weighted by Gasteiger charge is 2.01. The minimum atomic E-state index is 0.604. The van der Waals surface area contributed by atoms with Crippen LogP contribution in [0.15, 0.2) is 11.6 Å². The Morgan fingerprint density at radius 1 is 1.67 bits per heavy atom. The maximum Gasteiger partial charge on any atom is 0.105 e. The molecule has 1 heteroatoms. The molecular formula is C8H8F. The molecule has 1 aliphatic carbocycles. The first-order valence-corrected chi connectivity index (χ1v) is 3.03. The molecule has 0 aromatic rings. The number of halogens is 1. The zero-order chi connectivity index (χ0) is 6.53. The SMILES string of the molecule is FC#CCC1=C[CH]CC1. The first-order chi connectivity index (χ1) is 4.43. The van der Waals surface area contributed by atoms with Crippen LogP contribution in [0, 0.1) is 18.5 Å². The Labute approximate surface area is 54.8 Å². The van der Waals surface area contributed by atoms with E-state index in [1.807, 2.05) is 6.08 Å². The van der Waals surface area contributed by atoms with Crippen molar-refractivity contribution in [3.63, 3.8) is 0 Å². The van der Waals surface area contributed by atoms with Gasteiger partial charge in [-0.3, -0.25) is 0 Å². The minimum Gasteiger partial charge on any atom is -0.144 e. The summed E-state index contributed by atoms with van der Waals surface area (Å²) < 4.78 is 11.2. The summed E-state index contributed by atoms with van der Waals surface area (Å²) in [6, 6.07) is 0. The number of hydrogen-bond acceptors (Lipinski definition) is 0.